The molecule has 0 amide bonds. The first kappa shape index (κ1) is 16.1. The monoisotopic (exact) mass is 323 g/mol. The van der Waals surface area contributed by atoms with Crippen LogP contribution in [0.1, 0.15) is 5.69 Å². The van der Waals surface area contributed by atoms with Crippen LogP contribution in [0.3, 0.4) is 0 Å². The maximum atomic E-state index is 5.71. The van der Waals surface area contributed by atoms with E-state index < -0.39 is 0 Å². The molecule has 1 heterocycles. The Kier molecular flexibility index (Phi) is 4.82. The fourth-order valence-electron chi connectivity index (χ4n) is 2.75. The fourth-order valence-corrected chi connectivity index (χ4v) is 2.75. The minimum atomic E-state index is 0.556. The molecule has 0 saturated carbocycles. The molecular weight excluding hydrogens is 302 g/mol. The van der Waals surface area contributed by atoms with E-state index in [9.17, 15) is 0 Å². The van der Waals surface area contributed by atoms with E-state index in [4.69, 9.17) is 20.3 Å². The van der Waals surface area contributed by atoms with Gasteiger partial charge in [-0.1, -0.05) is 24.3 Å². The largest absolute Gasteiger partial charge is 0.493 e. The average molecular weight is 323 g/mol. The van der Waals surface area contributed by atoms with Crippen LogP contribution in [0.4, 0.5) is 0 Å². The van der Waals surface area contributed by atoms with Crippen molar-refractivity contribution in [3.63, 3.8) is 0 Å². The molecule has 1 aromatic heterocycles. The number of para-hydroxylation sites is 2. The smallest absolute Gasteiger partial charge is 0.170 e. The van der Waals surface area contributed by atoms with Crippen molar-refractivity contribution in [1.82, 2.24) is 9.78 Å². The van der Waals surface area contributed by atoms with Gasteiger partial charge in [0.1, 0.15) is 0 Å². The lowest BCUT2D eigenvalue weighted by Gasteiger charge is -2.14. The van der Waals surface area contributed by atoms with Gasteiger partial charge in [0.2, 0.25) is 0 Å². The molecule has 0 radical (unpaired) electrons. The summed E-state index contributed by atoms with van der Waals surface area (Å²) in [6, 6.07) is 17.9. The van der Waals surface area contributed by atoms with E-state index in [2.05, 4.69) is 6.07 Å². The zero-order chi connectivity index (χ0) is 16.9. The molecule has 2 N–H and O–H groups in total. The summed E-state index contributed by atoms with van der Waals surface area (Å²) in [6.45, 7) is 0.556. The topological polar surface area (TPSA) is 62.3 Å². The Labute approximate surface area is 141 Å². The van der Waals surface area contributed by atoms with E-state index in [0.29, 0.717) is 18.0 Å². The third kappa shape index (κ3) is 2.98. The zero-order valence-corrected chi connectivity index (χ0v) is 13.9. The van der Waals surface area contributed by atoms with E-state index in [-0.39, 0.29) is 0 Å². The minimum absolute atomic E-state index is 0.556. The van der Waals surface area contributed by atoms with Gasteiger partial charge in [0.25, 0.3) is 0 Å². The molecule has 0 aliphatic heterocycles. The quantitative estimate of drug-likeness (QED) is 0.757. The van der Waals surface area contributed by atoms with Crippen molar-refractivity contribution in [2.45, 2.75) is 6.42 Å². The third-order valence-electron chi connectivity index (χ3n) is 3.84. The molecular formula is C19H21N3O2. The van der Waals surface area contributed by atoms with Crippen molar-refractivity contribution in [3.05, 3.63) is 60.3 Å². The summed E-state index contributed by atoms with van der Waals surface area (Å²) < 4.78 is 12.9. The number of methoxy groups -OCH3 is 2. The third-order valence-corrected chi connectivity index (χ3v) is 3.84. The van der Waals surface area contributed by atoms with Crippen LogP contribution < -0.4 is 15.2 Å². The van der Waals surface area contributed by atoms with Crippen molar-refractivity contribution >= 4 is 0 Å². The predicted molar refractivity (Wildman–Crippen MR) is 94.9 cm³/mol. The number of nitrogens with two attached hydrogens (primary N) is 1. The zero-order valence-electron chi connectivity index (χ0n) is 13.9. The second-order valence-electron chi connectivity index (χ2n) is 5.35. The van der Waals surface area contributed by atoms with Crippen LogP contribution in [-0.4, -0.2) is 30.5 Å². The highest BCUT2D eigenvalue weighted by molar-refractivity contribution is 5.73. The molecule has 0 saturated heterocycles. The van der Waals surface area contributed by atoms with Crippen LogP contribution in [0.2, 0.25) is 0 Å². The second kappa shape index (κ2) is 7.19. The molecule has 2 aromatic carbocycles. The Morgan fingerprint density at radius 2 is 1.79 bits per heavy atom. The molecule has 0 spiro atoms. The molecule has 24 heavy (non-hydrogen) atoms. The minimum Gasteiger partial charge on any atom is -0.493 e. The highest BCUT2D eigenvalue weighted by Gasteiger charge is 2.17. The van der Waals surface area contributed by atoms with E-state index in [1.54, 1.807) is 14.2 Å². The van der Waals surface area contributed by atoms with E-state index >= 15 is 0 Å². The predicted octanol–water partition coefficient (Wildman–Crippen LogP) is 3.06. The van der Waals surface area contributed by atoms with Crippen LogP contribution in [-0.2, 0) is 6.42 Å². The molecule has 3 aromatic rings. The van der Waals surface area contributed by atoms with Crippen molar-refractivity contribution in [1.29, 1.82) is 0 Å². The number of aromatic nitrogens is 2. The Morgan fingerprint density at radius 3 is 2.46 bits per heavy atom. The first-order chi connectivity index (χ1) is 11.8. The summed E-state index contributed by atoms with van der Waals surface area (Å²) in [4.78, 5) is 0. The van der Waals surface area contributed by atoms with Gasteiger partial charge in [-0.05, 0) is 36.9 Å². The van der Waals surface area contributed by atoms with Gasteiger partial charge < -0.3 is 15.2 Å². The summed E-state index contributed by atoms with van der Waals surface area (Å²) in [6.07, 6.45) is 0.721. The maximum Gasteiger partial charge on any atom is 0.170 e. The van der Waals surface area contributed by atoms with E-state index in [0.717, 1.165) is 29.1 Å². The molecule has 0 aliphatic carbocycles. The van der Waals surface area contributed by atoms with Crippen molar-refractivity contribution < 1.29 is 9.47 Å². The normalized spacial score (nSPS) is 10.6. The number of rotatable bonds is 6. The lowest BCUT2D eigenvalue weighted by Crippen LogP contribution is -2.04. The SMILES string of the molecule is COc1cccc(-c2cc(CCN)nn2-c2ccccc2)c1OC. The van der Waals surface area contributed by atoms with Crippen molar-refractivity contribution in [2.24, 2.45) is 5.73 Å². The molecule has 124 valence electrons. The number of ether oxygens (including phenoxy) is 2. The maximum absolute atomic E-state index is 5.71. The number of hydrogen-bond acceptors (Lipinski definition) is 4. The van der Waals surface area contributed by atoms with Gasteiger partial charge in [0.05, 0.1) is 31.3 Å². The van der Waals surface area contributed by atoms with Crippen LogP contribution in [0.15, 0.2) is 54.6 Å². The summed E-state index contributed by atoms with van der Waals surface area (Å²) in [7, 11) is 3.28. The van der Waals surface area contributed by atoms with Crippen LogP contribution in [0.25, 0.3) is 16.9 Å². The molecule has 5 nitrogen and oxygen atoms in total. The van der Waals surface area contributed by atoms with Crippen molar-refractivity contribution in [3.8, 4) is 28.4 Å². The summed E-state index contributed by atoms with van der Waals surface area (Å²) >= 11 is 0. The fraction of sp³-hybridized carbons (Fsp3) is 0.211. The summed E-state index contributed by atoms with van der Waals surface area (Å²) in [5, 5.41) is 4.72. The molecule has 5 heteroatoms. The Bertz CT molecular complexity index is 813. The van der Waals surface area contributed by atoms with Crippen LogP contribution >= 0.6 is 0 Å². The molecule has 0 atom stereocenters. The highest BCUT2D eigenvalue weighted by atomic mass is 16.5. The van der Waals surface area contributed by atoms with E-state index in [1.807, 2.05) is 53.2 Å². The average Bonchev–Trinajstić information content (AvgIpc) is 3.05. The highest BCUT2D eigenvalue weighted by Crippen LogP contribution is 2.38. The lowest BCUT2D eigenvalue weighted by atomic mass is 10.1. The van der Waals surface area contributed by atoms with Gasteiger partial charge in [-0.25, -0.2) is 4.68 Å². The Morgan fingerprint density at radius 1 is 1.00 bits per heavy atom. The van der Waals surface area contributed by atoms with Crippen LogP contribution in [0.5, 0.6) is 11.5 Å². The van der Waals surface area contributed by atoms with Gasteiger partial charge in [-0.2, -0.15) is 5.10 Å². The standard InChI is InChI=1S/C19H21N3O2/c1-23-18-10-6-9-16(19(18)24-2)17-13-14(11-12-20)21-22(17)15-7-4-3-5-8-15/h3-10,13H,11-12,20H2,1-2H3. The van der Waals surface area contributed by atoms with Crippen LogP contribution in [0, 0.1) is 0 Å². The first-order valence-electron chi connectivity index (χ1n) is 7.84. The first-order valence-corrected chi connectivity index (χ1v) is 7.84. The summed E-state index contributed by atoms with van der Waals surface area (Å²) in [5.74, 6) is 1.38. The van der Waals surface area contributed by atoms with Gasteiger partial charge in [-0.3, -0.25) is 0 Å². The number of hydrogen-bond donors (Lipinski definition) is 1. The lowest BCUT2D eigenvalue weighted by molar-refractivity contribution is 0.356. The molecule has 0 fully saturated rings. The van der Waals surface area contributed by atoms with E-state index in [1.165, 1.54) is 0 Å². The summed E-state index contributed by atoms with van der Waals surface area (Å²) in [5.41, 5.74) is 9.51. The molecule has 0 unspecified atom stereocenters. The number of nitrogens with zero attached hydrogens (tertiary/aromatic N) is 2. The second-order valence-corrected chi connectivity index (χ2v) is 5.35. The number of benzene rings is 2. The molecule has 0 aliphatic rings. The molecule has 0 bridgehead atoms. The van der Waals surface area contributed by atoms with Gasteiger partial charge in [-0.15, -0.1) is 0 Å². The van der Waals surface area contributed by atoms with Gasteiger partial charge in [0, 0.05) is 12.0 Å². The Balaban J connectivity index is 2.21. The molecule has 3 rings (SSSR count). The van der Waals surface area contributed by atoms with Gasteiger partial charge in [0.15, 0.2) is 11.5 Å². The van der Waals surface area contributed by atoms with Gasteiger partial charge >= 0.3 is 0 Å². The Hall–Kier alpha value is -2.79. The van der Waals surface area contributed by atoms with Crippen molar-refractivity contribution in [2.75, 3.05) is 20.8 Å².